The maximum atomic E-state index is 4.84. The van der Waals surface area contributed by atoms with Crippen LogP contribution in [0.25, 0.3) is 10.9 Å². The molecule has 0 unspecified atom stereocenters. The number of anilines is 1. The lowest BCUT2D eigenvalue weighted by atomic mass is 9.98. The summed E-state index contributed by atoms with van der Waals surface area (Å²) in [7, 11) is 0. The summed E-state index contributed by atoms with van der Waals surface area (Å²) in [4.78, 5) is 7.41. The highest BCUT2D eigenvalue weighted by molar-refractivity contribution is 5.78. The molecule has 3 atom stereocenters. The van der Waals surface area contributed by atoms with Crippen molar-refractivity contribution in [2.24, 2.45) is 11.8 Å². The summed E-state index contributed by atoms with van der Waals surface area (Å²) in [5, 5.41) is 13.0. The lowest BCUT2D eigenvalue weighted by Gasteiger charge is -2.22. The Morgan fingerprint density at radius 2 is 1.96 bits per heavy atom. The van der Waals surface area contributed by atoms with Crippen LogP contribution in [0.3, 0.4) is 0 Å². The SMILES string of the molecule is c1cnnc(N[C@@H]2CC[C@@H]3CN(Cc4ccc5ccccc5n4)C[C@@H]32)c1. The Morgan fingerprint density at radius 1 is 1.00 bits per heavy atom. The van der Waals surface area contributed by atoms with Crippen LogP contribution in [0.1, 0.15) is 18.5 Å². The van der Waals surface area contributed by atoms with Crippen LogP contribution < -0.4 is 5.32 Å². The molecule has 1 aromatic carbocycles. The van der Waals surface area contributed by atoms with Crippen molar-refractivity contribution in [2.45, 2.75) is 25.4 Å². The Labute approximate surface area is 153 Å². The minimum atomic E-state index is 0.506. The van der Waals surface area contributed by atoms with E-state index in [-0.39, 0.29) is 0 Å². The molecular formula is C21H23N5. The molecule has 5 nitrogen and oxygen atoms in total. The van der Waals surface area contributed by atoms with Gasteiger partial charge < -0.3 is 5.32 Å². The third-order valence-electron chi connectivity index (χ3n) is 5.88. The number of nitrogens with one attached hydrogen (secondary N) is 1. The molecule has 3 aromatic rings. The van der Waals surface area contributed by atoms with Crippen LogP contribution in [0, 0.1) is 11.8 Å². The topological polar surface area (TPSA) is 53.9 Å². The molecule has 1 aliphatic carbocycles. The zero-order chi connectivity index (χ0) is 17.3. The summed E-state index contributed by atoms with van der Waals surface area (Å²) < 4.78 is 0. The monoisotopic (exact) mass is 345 g/mol. The highest BCUT2D eigenvalue weighted by Crippen LogP contribution is 2.39. The van der Waals surface area contributed by atoms with Crippen molar-refractivity contribution in [1.29, 1.82) is 0 Å². The molecule has 0 amide bonds. The fourth-order valence-corrected chi connectivity index (χ4v) is 4.66. The third-order valence-corrected chi connectivity index (χ3v) is 5.88. The molecule has 0 radical (unpaired) electrons. The minimum absolute atomic E-state index is 0.506. The number of hydrogen-bond donors (Lipinski definition) is 1. The second-order valence-electron chi connectivity index (χ2n) is 7.55. The van der Waals surface area contributed by atoms with E-state index in [4.69, 9.17) is 4.98 Å². The molecule has 5 rings (SSSR count). The van der Waals surface area contributed by atoms with E-state index in [0.29, 0.717) is 12.0 Å². The Balaban J connectivity index is 1.26. The average molecular weight is 345 g/mol. The largest absolute Gasteiger partial charge is 0.366 e. The van der Waals surface area contributed by atoms with Crippen molar-refractivity contribution in [3.8, 4) is 0 Å². The van der Waals surface area contributed by atoms with Gasteiger partial charge in [-0.15, -0.1) is 5.10 Å². The Bertz CT molecular complexity index is 897. The lowest BCUT2D eigenvalue weighted by Crippen LogP contribution is -2.30. The number of nitrogens with zero attached hydrogens (tertiary/aromatic N) is 4. The van der Waals surface area contributed by atoms with Crippen molar-refractivity contribution in [2.75, 3.05) is 18.4 Å². The van der Waals surface area contributed by atoms with Crippen molar-refractivity contribution >= 4 is 16.7 Å². The van der Waals surface area contributed by atoms with E-state index in [1.807, 2.05) is 12.1 Å². The van der Waals surface area contributed by atoms with Gasteiger partial charge in [0.1, 0.15) is 5.82 Å². The van der Waals surface area contributed by atoms with Crippen molar-refractivity contribution in [3.63, 3.8) is 0 Å². The molecule has 3 heterocycles. The van der Waals surface area contributed by atoms with Crippen molar-refractivity contribution in [1.82, 2.24) is 20.1 Å². The van der Waals surface area contributed by atoms with Crippen LogP contribution in [0.2, 0.25) is 0 Å². The number of hydrogen-bond acceptors (Lipinski definition) is 5. The number of fused-ring (bicyclic) bond motifs is 2. The van der Waals surface area contributed by atoms with Gasteiger partial charge >= 0.3 is 0 Å². The first-order valence-electron chi connectivity index (χ1n) is 9.46. The van der Waals surface area contributed by atoms with E-state index in [9.17, 15) is 0 Å². The number of para-hydroxylation sites is 1. The number of aromatic nitrogens is 3. The third kappa shape index (κ3) is 3.03. The summed E-state index contributed by atoms with van der Waals surface area (Å²) in [6, 6.07) is 17.1. The maximum absolute atomic E-state index is 4.84. The minimum Gasteiger partial charge on any atom is -0.366 e. The quantitative estimate of drug-likeness (QED) is 0.786. The van der Waals surface area contributed by atoms with Gasteiger partial charge in [0.25, 0.3) is 0 Å². The molecule has 1 saturated carbocycles. The molecule has 1 aliphatic heterocycles. The highest BCUT2D eigenvalue weighted by Gasteiger charge is 2.42. The fourth-order valence-electron chi connectivity index (χ4n) is 4.66. The molecule has 2 aromatic heterocycles. The summed E-state index contributed by atoms with van der Waals surface area (Å²) >= 11 is 0. The van der Waals surface area contributed by atoms with Crippen LogP contribution in [0.15, 0.2) is 54.7 Å². The second-order valence-corrected chi connectivity index (χ2v) is 7.55. The first kappa shape index (κ1) is 15.7. The predicted octanol–water partition coefficient (Wildman–Crippen LogP) is 3.35. The van der Waals surface area contributed by atoms with Crippen LogP contribution in [-0.4, -0.2) is 39.2 Å². The summed E-state index contributed by atoms with van der Waals surface area (Å²) in [5.41, 5.74) is 2.26. The number of pyridine rings is 1. The molecule has 1 saturated heterocycles. The Kier molecular flexibility index (Phi) is 4.02. The molecule has 2 fully saturated rings. The molecule has 26 heavy (non-hydrogen) atoms. The first-order chi connectivity index (χ1) is 12.8. The summed E-state index contributed by atoms with van der Waals surface area (Å²) in [6.45, 7) is 3.25. The van der Waals surface area contributed by atoms with E-state index >= 15 is 0 Å². The van der Waals surface area contributed by atoms with Crippen LogP contribution in [-0.2, 0) is 6.54 Å². The van der Waals surface area contributed by atoms with Gasteiger partial charge in [-0.2, -0.15) is 5.10 Å². The normalized spacial score (nSPS) is 25.5. The highest BCUT2D eigenvalue weighted by atomic mass is 15.2. The van der Waals surface area contributed by atoms with E-state index in [0.717, 1.165) is 30.3 Å². The van der Waals surface area contributed by atoms with Crippen LogP contribution in [0.4, 0.5) is 5.82 Å². The molecule has 0 spiro atoms. The summed E-state index contributed by atoms with van der Waals surface area (Å²) in [6.07, 6.45) is 4.24. The Morgan fingerprint density at radius 3 is 2.88 bits per heavy atom. The predicted molar refractivity (Wildman–Crippen MR) is 103 cm³/mol. The molecule has 5 heteroatoms. The zero-order valence-electron chi connectivity index (χ0n) is 14.8. The van der Waals surface area contributed by atoms with Gasteiger partial charge in [0.15, 0.2) is 0 Å². The van der Waals surface area contributed by atoms with Crippen LogP contribution >= 0.6 is 0 Å². The van der Waals surface area contributed by atoms with Crippen molar-refractivity contribution in [3.05, 3.63) is 60.4 Å². The average Bonchev–Trinajstić information content (AvgIpc) is 3.24. The van der Waals surface area contributed by atoms with E-state index in [1.165, 1.54) is 30.5 Å². The summed E-state index contributed by atoms with van der Waals surface area (Å²) in [5.74, 6) is 2.37. The van der Waals surface area contributed by atoms with Crippen LogP contribution in [0.5, 0.6) is 0 Å². The molecule has 2 aliphatic rings. The van der Waals surface area contributed by atoms with E-state index in [1.54, 1.807) is 6.20 Å². The Hall–Kier alpha value is -2.53. The van der Waals surface area contributed by atoms with Gasteiger partial charge in [-0.3, -0.25) is 9.88 Å². The number of rotatable bonds is 4. The van der Waals surface area contributed by atoms with Gasteiger partial charge in [0.05, 0.1) is 11.2 Å². The molecule has 132 valence electrons. The van der Waals surface area contributed by atoms with Crippen molar-refractivity contribution < 1.29 is 0 Å². The molecular weight excluding hydrogens is 322 g/mol. The first-order valence-corrected chi connectivity index (χ1v) is 9.46. The molecule has 0 bridgehead atoms. The lowest BCUT2D eigenvalue weighted by molar-refractivity contribution is 0.297. The number of benzene rings is 1. The number of likely N-dealkylation sites (tertiary alicyclic amines) is 1. The van der Waals surface area contributed by atoms with Gasteiger partial charge in [0.2, 0.25) is 0 Å². The fraction of sp³-hybridized carbons (Fsp3) is 0.381. The maximum Gasteiger partial charge on any atom is 0.148 e. The molecule has 1 N–H and O–H groups in total. The van der Waals surface area contributed by atoms with E-state index in [2.05, 4.69) is 56.8 Å². The van der Waals surface area contributed by atoms with Gasteiger partial charge in [-0.1, -0.05) is 24.3 Å². The second kappa shape index (κ2) is 6.65. The zero-order valence-corrected chi connectivity index (χ0v) is 14.8. The standard InChI is InChI=1S/C21H23N5/c1-2-5-19-15(4-1)7-9-17(23-19)13-26-12-16-8-10-20(18(16)14-26)24-21-6-3-11-22-25-21/h1-7,9,11,16,18,20H,8,10,12-14H2,(H,24,25)/t16-,18+,20-/m1/s1. The van der Waals surface area contributed by atoms with Gasteiger partial charge in [-0.25, -0.2) is 0 Å². The smallest absolute Gasteiger partial charge is 0.148 e. The van der Waals surface area contributed by atoms with Gasteiger partial charge in [0, 0.05) is 37.3 Å². The van der Waals surface area contributed by atoms with Gasteiger partial charge in [-0.05, 0) is 48.9 Å². The van der Waals surface area contributed by atoms with E-state index < -0.39 is 0 Å².